The van der Waals surface area contributed by atoms with E-state index >= 15 is 0 Å². The van der Waals surface area contributed by atoms with Crippen LogP contribution in [0.15, 0.2) is 67.0 Å². The fraction of sp³-hybridized carbons (Fsp3) is 0.269. The predicted molar refractivity (Wildman–Crippen MR) is 138 cm³/mol. The highest BCUT2D eigenvalue weighted by Gasteiger charge is 2.22. The van der Waals surface area contributed by atoms with Gasteiger partial charge in [0.05, 0.1) is 28.3 Å². The number of benzene rings is 2. The van der Waals surface area contributed by atoms with Crippen molar-refractivity contribution in [3.8, 4) is 0 Å². The third kappa shape index (κ3) is 5.87. The topological polar surface area (TPSA) is 80.2 Å². The molecule has 0 saturated heterocycles. The molecule has 0 aliphatic rings. The number of amides is 1. The molecular formula is C26H27N3O3S2. The SMILES string of the molecule is Cc1ccc(C)c2sc(N(Cc3cccnc3)C(=O)CCCS(=O)(=O)Cc3ccccc3)nc12. The minimum atomic E-state index is -3.31. The van der Waals surface area contributed by atoms with Crippen molar-refractivity contribution in [1.29, 1.82) is 0 Å². The molecule has 0 fully saturated rings. The summed E-state index contributed by atoms with van der Waals surface area (Å²) in [4.78, 5) is 23.9. The zero-order valence-corrected chi connectivity index (χ0v) is 20.9. The van der Waals surface area contributed by atoms with E-state index in [0.29, 0.717) is 11.7 Å². The molecule has 176 valence electrons. The molecule has 4 rings (SSSR count). The summed E-state index contributed by atoms with van der Waals surface area (Å²) in [5.41, 5.74) is 4.72. The van der Waals surface area contributed by atoms with Crippen molar-refractivity contribution in [2.24, 2.45) is 0 Å². The Morgan fingerprint density at radius 1 is 0.971 bits per heavy atom. The fourth-order valence-electron chi connectivity index (χ4n) is 3.78. The second-order valence-electron chi connectivity index (χ2n) is 8.40. The number of carbonyl (C=O) groups excluding carboxylic acids is 1. The van der Waals surface area contributed by atoms with Crippen LogP contribution in [0.1, 0.15) is 35.1 Å². The molecule has 0 aliphatic heterocycles. The number of aryl methyl sites for hydroxylation is 2. The van der Waals surface area contributed by atoms with Crippen LogP contribution in [-0.4, -0.2) is 30.0 Å². The highest BCUT2D eigenvalue weighted by molar-refractivity contribution is 7.90. The fourth-order valence-corrected chi connectivity index (χ4v) is 6.34. The van der Waals surface area contributed by atoms with Crippen LogP contribution in [0.25, 0.3) is 10.2 Å². The van der Waals surface area contributed by atoms with Gasteiger partial charge in [-0.3, -0.25) is 14.7 Å². The maximum Gasteiger partial charge on any atom is 0.229 e. The van der Waals surface area contributed by atoms with Gasteiger partial charge >= 0.3 is 0 Å². The van der Waals surface area contributed by atoms with E-state index in [1.165, 1.54) is 11.3 Å². The van der Waals surface area contributed by atoms with Crippen molar-refractivity contribution in [2.45, 2.75) is 39.0 Å². The number of thiazole rings is 1. The number of carbonyl (C=O) groups is 1. The first-order chi connectivity index (χ1) is 16.3. The Balaban J connectivity index is 1.52. The van der Waals surface area contributed by atoms with Gasteiger partial charge in [0, 0.05) is 18.8 Å². The summed E-state index contributed by atoms with van der Waals surface area (Å²) >= 11 is 1.49. The summed E-state index contributed by atoms with van der Waals surface area (Å²) < 4.78 is 26.2. The number of aromatic nitrogens is 2. The largest absolute Gasteiger partial charge is 0.284 e. The first kappa shape index (κ1) is 24.0. The first-order valence-corrected chi connectivity index (χ1v) is 13.8. The van der Waals surface area contributed by atoms with Crippen LogP contribution < -0.4 is 4.90 Å². The van der Waals surface area contributed by atoms with Gasteiger partial charge in [-0.25, -0.2) is 13.4 Å². The van der Waals surface area contributed by atoms with Crippen LogP contribution in [0.3, 0.4) is 0 Å². The Kier molecular flexibility index (Phi) is 7.38. The Morgan fingerprint density at radius 2 is 1.71 bits per heavy atom. The average Bonchev–Trinajstić information content (AvgIpc) is 3.27. The molecule has 8 heteroatoms. The van der Waals surface area contributed by atoms with Crippen molar-refractivity contribution < 1.29 is 13.2 Å². The van der Waals surface area contributed by atoms with Crippen molar-refractivity contribution in [3.05, 3.63) is 89.2 Å². The maximum absolute atomic E-state index is 13.3. The standard InChI is InChI=1S/C26H27N3O3S2/c1-19-12-13-20(2)25-24(19)28-26(33-25)29(17-22-10-6-14-27-16-22)23(30)11-7-15-34(31,32)18-21-8-4-3-5-9-21/h3-6,8-10,12-14,16H,7,11,15,17-18H2,1-2H3. The monoisotopic (exact) mass is 493 g/mol. The molecule has 6 nitrogen and oxygen atoms in total. The molecule has 0 N–H and O–H groups in total. The minimum absolute atomic E-state index is 0.0160. The molecule has 0 atom stereocenters. The molecule has 0 unspecified atom stereocenters. The van der Waals surface area contributed by atoms with Gasteiger partial charge in [0.25, 0.3) is 0 Å². The zero-order chi connectivity index (χ0) is 24.1. The number of hydrogen-bond donors (Lipinski definition) is 0. The average molecular weight is 494 g/mol. The lowest BCUT2D eigenvalue weighted by atomic mass is 10.1. The van der Waals surface area contributed by atoms with E-state index in [2.05, 4.69) is 11.1 Å². The zero-order valence-electron chi connectivity index (χ0n) is 19.3. The quantitative estimate of drug-likeness (QED) is 0.319. The number of rotatable bonds is 9. The molecule has 2 heterocycles. The minimum Gasteiger partial charge on any atom is -0.284 e. The Labute approximate surface area is 204 Å². The first-order valence-electron chi connectivity index (χ1n) is 11.1. The summed E-state index contributed by atoms with van der Waals surface area (Å²) in [5.74, 6) is -0.197. The summed E-state index contributed by atoms with van der Waals surface area (Å²) in [5, 5.41) is 0.619. The summed E-state index contributed by atoms with van der Waals surface area (Å²) in [6.07, 6.45) is 3.81. The van der Waals surface area contributed by atoms with E-state index in [9.17, 15) is 13.2 Å². The molecule has 34 heavy (non-hydrogen) atoms. The second kappa shape index (κ2) is 10.4. The van der Waals surface area contributed by atoms with Gasteiger partial charge in [-0.15, -0.1) is 0 Å². The van der Waals surface area contributed by atoms with Gasteiger partial charge in [0.15, 0.2) is 15.0 Å². The third-order valence-electron chi connectivity index (χ3n) is 5.60. The van der Waals surface area contributed by atoms with Gasteiger partial charge in [0.2, 0.25) is 5.91 Å². The van der Waals surface area contributed by atoms with Crippen molar-refractivity contribution in [2.75, 3.05) is 10.7 Å². The summed E-state index contributed by atoms with van der Waals surface area (Å²) in [6.45, 7) is 4.38. The molecule has 0 saturated carbocycles. The van der Waals surface area contributed by atoms with Gasteiger partial charge in [-0.05, 0) is 48.6 Å². The highest BCUT2D eigenvalue weighted by Crippen LogP contribution is 2.34. The lowest BCUT2D eigenvalue weighted by Gasteiger charge is -2.20. The molecule has 0 bridgehead atoms. The normalized spacial score (nSPS) is 11.6. The Hall–Kier alpha value is -3.10. The van der Waals surface area contributed by atoms with Gasteiger partial charge in [0.1, 0.15) is 0 Å². The molecule has 2 aromatic carbocycles. The Bertz CT molecular complexity index is 1350. The molecule has 2 aromatic heterocycles. The molecular weight excluding hydrogens is 466 g/mol. The van der Waals surface area contributed by atoms with E-state index in [0.717, 1.165) is 32.5 Å². The molecule has 0 aliphatic carbocycles. The van der Waals surface area contributed by atoms with Crippen LogP contribution in [-0.2, 0) is 26.9 Å². The number of hydrogen-bond acceptors (Lipinski definition) is 6. The van der Waals surface area contributed by atoms with Crippen molar-refractivity contribution in [3.63, 3.8) is 0 Å². The van der Waals surface area contributed by atoms with Crippen LogP contribution in [0, 0.1) is 13.8 Å². The van der Waals surface area contributed by atoms with E-state index < -0.39 is 9.84 Å². The van der Waals surface area contributed by atoms with E-state index in [-0.39, 0.29) is 30.3 Å². The third-order valence-corrected chi connectivity index (χ3v) is 8.50. The van der Waals surface area contributed by atoms with Crippen LogP contribution in [0.4, 0.5) is 5.13 Å². The lowest BCUT2D eigenvalue weighted by molar-refractivity contribution is -0.118. The van der Waals surface area contributed by atoms with E-state index in [1.807, 2.05) is 50.2 Å². The number of sulfone groups is 1. The van der Waals surface area contributed by atoms with Crippen molar-refractivity contribution >= 4 is 42.4 Å². The number of nitrogens with zero attached hydrogens (tertiary/aromatic N) is 3. The Morgan fingerprint density at radius 3 is 2.41 bits per heavy atom. The summed E-state index contributed by atoms with van der Waals surface area (Å²) in [7, 11) is -3.31. The molecule has 4 aromatic rings. The van der Waals surface area contributed by atoms with Crippen LogP contribution >= 0.6 is 11.3 Å². The second-order valence-corrected chi connectivity index (χ2v) is 11.6. The van der Waals surface area contributed by atoms with Crippen molar-refractivity contribution in [1.82, 2.24) is 9.97 Å². The van der Waals surface area contributed by atoms with Gasteiger partial charge < -0.3 is 0 Å². The van der Waals surface area contributed by atoms with Gasteiger partial charge in [-0.1, -0.05) is 59.9 Å². The van der Waals surface area contributed by atoms with E-state index in [1.54, 1.807) is 29.4 Å². The smallest absolute Gasteiger partial charge is 0.229 e. The maximum atomic E-state index is 13.3. The predicted octanol–water partition coefficient (Wildman–Crippen LogP) is 5.24. The number of pyridine rings is 1. The lowest BCUT2D eigenvalue weighted by Crippen LogP contribution is -2.30. The van der Waals surface area contributed by atoms with Gasteiger partial charge in [-0.2, -0.15) is 0 Å². The molecule has 0 spiro atoms. The van der Waals surface area contributed by atoms with Crippen LogP contribution in [0.2, 0.25) is 0 Å². The number of fused-ring (bicyclic) bond motifs is 1. The van der Waals surface area contributed by atoms with Crippen LogP contribution in [0.5, 0.6) is 0 Å². The molecule has 0 radical (unpaired) electrons. The van der Waals surface area contributed by atoms with E-state index in [4.69, 9.17) is 4.98 Å². The molecule has 1 amide bonds. The highest BCUT2D eigenvalue weighted by atomic mass is 32.2. The number of anilines is 1. The summed E-state index contributed by atoms with van der Waals surface area (Å²) in [6, 6.07) is 17.0.